The zero-order chi connectivity index (χ0) is 10.0. The summed E-state index contributed by atoms with van der Waals surface area (Å²) >= 11 is 0. The average Bonchev–Trinajstić information content (AvgIpc) is 2.79. The van der Waals surface area contributed by atoms with E-state index in [0.717, 1.165) is 6.42 Å². The van der Waals surface area contributed by atoms with Crippen LogP contribution in [0, 0.1) is 0 Å². The third-order valence-electron chi connectivity index (χ3n) is 3.44. The molecule has 0 aliphatic carbocycles. The maximum absolute atomic E-state index is 4.16. The molecule has 1 aliphatic heterocycles. The van der Waals surface area contributed by atoms with E-state index in [1.165, 1.54) is 31.5 Å². The zero-order valence-corrected chi connectivity index (χ0v) is 9.08. The molecular weight excluding hydrogens is 174 g/mol. The monoisotopic (exact) mass is 193 g/mol. The van der Waals surface area contributed by atoms with Crippen LogP contribution in [0.15, 0.2) is 12.5 Å². The fourth-order valence-electron chi connectivity index (χ4n) is 2.35. The molecule has 0 aromatic carbocycles. The van der Waals surface area contributed by atoms with Crippen molar-refractivity contribution in [2.75, 3.05) is 6.54 Å². The van der Waals surface area contributed by atoms with Crippen LogP contribution in [0.5, 0.6) is 0 Å². The normalized spacial score (nSPS) is 27.0. The lowest BCUT2D eigenvalue weighted by Gasteiger charge is -2.28. The van der Waals surface area contributed by atoms with Gasteiger partial charge in [-0.15, -0.1) is 0 Å². The number of imidazole rings is 1. The highest BCUT2D eigenvalue weighted by atomic mass is 15.0. The van der Waals surface area contributed by atoms with Crippen molar-refractivity contribution in [3.8, 4) is 0 Å². The molecule has 1 saturated heterocycles. The Morgan fingerprint density at radius 1 is 1.64 bits per heavy atom. The van der Waals surface area contributed by atoms with Crippen LogP contribution in [-0.2, 0) is 13.5 Å². The van der Waals surface area contributed by atoms with Crippen LogP contribution in [0.4, 0.5) is 0 Å². The van der Waals surface area contributed by atoms with Gasteiger partial charge in [-0.2, -0.15) is 0 Å². The van der Waals surface area contributed by atoms with Gasteiger partial charge in [0.05, 0.1) is 6.33 Å². The number of rotatable bonds is 3. The van der Waals surface area contributed by atoms with Crippen LogP contribution in [0.3, 0.4) is 0 Å². The topological polar surface area (TPSA) is 29.9 Å². The Bertz CT molecular complexity index is 297. The second-order valence-corrected chi connectivity index (χ2v) is 4.34. The average molecular weight is 193 g/mol. The van der Waals surface area contributed by atoms with Crippen LogP contribution in [0.2, 0.25) is 0 Å². The maximum Gasteiger partial charge on any atom is 0.0945 e. The molecular formula is C11H19N3. The Morgan fingerprint density at radius 3 is 3.00 bits per heavy atom. The second-order valence-electron chi connectivity index (χ2n) is 4.34. The van der Waals surface area contributed by atoms with Crippen LogP contribution >= 0.6 is 0 Å². The van der Waals surface area contributed by atoms with Crippen LogP contribution in [0.25, 0.3) is 0 Å². The summed E-state index contributed by atoms with van der Waals surface area (Å²) in [5.41, 5.74) is 1.68. The molecule has 0 bridgehead atoms. The predicted octanol–water partition coefficient (Wildman–Crippen LogP) is 1.49. The van der Waals surface area contributed by atoms with Gasteiger partial charge in [-0.05, 0) is 25.8 Å². The van der Waals surface area contributed by atoms with Gasteiger partial charge in [-0.3, -0.25) is 0 Å². The molecule has 1 aromatic heterocycles. The minimum absolute atomic E-state index is 0.341. The van der Waals surface area contributed by atoms with Crippen LogP contribution in [0.1, 0.15) is 31.9 Å². The molecule has 1 fully saturated rings. The molecule has 0 radical (unpaired) electrons. The van der Waals surface area contributed by atoms with Gasteiger partial charge in [-0.25, -0.2) is 4.98 Å². The number of aryl methyl sites for hydroxylation is 1. The molecule has 2 heterocycles. The molecule has 1 aromatic rings. The van der Waals surface area contributed by atoms with Gasteiger partial charge >= 0.3 is 0 Å². The fraction of sp³-hybridized carbons (Fsp3) is 0.727. The van der Waals surface area contributed by atoms with Crippen molar-refractivity contribution in [3.63, 3.8) is 0 Å². The van der Waals surface area contributed by atoms with Gasteiger partial charge in [0.1, 0.15) is 0 Å². The maximum atomic E-state index is 4.16. The Hall–Kier alpha value is -0.830. The smallest absolute Gasteiger partial charge is 0.0945 e. The van der Waals surface area contributed by atoms with Gasteiger partial charge < -0.3 is 9.88 Å². The van der Waals surface area contributed by atoms with Crippen molar-refractivity contribution in [1.82, 2.24) is 14.9 Å². The number of nitrogens with zero attached hydrogens (tertiary/aromatic N) is 2. The highest BCUT2D eigenvalue weighted by Crippen LogP contribution is 2.26. The van der Waals surface area contributed by atoms with Crippen molar-refractivity contribution in [2.24, 2.45) is 7.05 Å². The van der Waals surface area contributed by atoms with E-state index in [0.29, 0.717) is 5.54 Å². The Morgan fingerprint density at radius 2 is 2.50 bits per heavy atom. The molecule has 1 N–H and O–H groups in total. The third kappa shape index (κ3) is 1.69. The van der Waals surface area contributed by atoms with Gasteiger partial charge in [0.25, 0.3) is 0 Å². The second kappa shape index (κ2) is 3.73. The highest BCUT2D eigenvalue weighted by Gasteiger charge is 2.32. The summed E-state index contributed by atoms with van der Waals surface area (Å²) in [7, 11) is 2.07. The summed E-state index contributed by atoms with van der Waals surface area (Å²) in [5, 5.41) is 3.64. The molecule has 0 amide bonds. The molecule has 2 rings (SSSR count). The lowest BCUT2D eigenvalue weighted by atomic mass is 9.89. The van der Waals surface area contributed by atoms with Crippen LogP contribution in [-0.4, -0.2) is 21.6 Å². The number of aromatic nitrogens is 2. The molecule has 0 spiro atoms. The fourth-order valence-corrected chi connectivity index (χ4v) is 2.35. The summed E-state index contributed by atoms with van der Waals surface area (Å²) in [4.78, 5) is 4.16. The molecule has 14 heavy (non-hydrogen) atoms. The van der Waals surface area contributed by atoms with E-state index in [9.17, 15) is 0 Å². The molecule has 1 aliphatic rings. The first kappa shape index (κ1) is 9.71. The van der Waals surface area contributed by atoms with Crippen molar-refractivity contribution in [2.45, 2.75) is 38.1 Å². The molecule has 1 atom stereocenters. The summed E-state index contributed by atoms with van der Waals surface area (Å²) < 4.78 is 2.12. The summed E-state index contributed by atoms with van der Waals surface area (Å²) in [5.74, 6) is 0. The Balaban J connectivity index is 2.12. The van der Waals surface area contributed by atoms with Gasteiger partial charge in [-0.1, -0.05) is 6.92 Å². The summed E-state index contributed by atoms with van der Waals surface area (Å²) in [6.45, 7) is 3.44. The van der Waals surface area contributed by atoms with Gasteiger partial charge in [0.2, 0.25) is 0 Å². The van der Waals surface area contributed by atoms with E-state index in [1.54, 1.807) is 0 Å². The van der Waals surface area contributed by atoms with E-state index in [4.69, 9.17) is 0 Å². The molecule has 1 unspecified atom stereocenters. The molecule has 3 heteroatoms. The van der Waals surface area contributed by atoms with Gasteiger partial charge in [0, 0.05) is 30.9 Å². The quantitative estimate of drug-likeness (QED) is 0.788. The molecule has 0 saturated carbocycles. The van der Waals surface area contributed by atoms with E-state index in [1.807, 2.05) is 12.5 Å². The SMILES string of the molecule is CCC1(Cc2cncn2C)CCCN1. The number of hydrogen-bond donors (Lipinski definition) is 1. The summed E-state index contributed by atoms with van der Waals surface area (Å²) in [6.07, 6.45) is 8.80. The van der Waals surface area contributed by atoms with Gasteiger partial charge in [0.15, 0.2) is 0 Å². The molecule has 78 valence electrons. The van der Waals surface area contributed by atoms with E-state index in [2.05, 4.69) is 28.8 Å². The largest absolute Gasteiger partial charge is 0.338 e. The van der Waals surface area contributed by atoms with Crippen molar-refractivity contribution in [1.29, 1.82) is 0 Å². The zero-order valence-electron chi connectivity index (χ0n) is 9.08. The minimum Gasteiger partial charge on any atom is -0.338 e. The Labute approximate surface area is 85.5 Å². The first-order chi connectivity index (χ1) is 6.76. The van der Waals surface area contributed by atoms with Crippen molar-refractivity contribution in [3.05, 3.63) is 18.2 Å². The number of hydrogen-bond acceptors (Lipinski definition) is 2. The minimum atomic E-state index is 0.341. The van der Waals surface area contributed by atoms with Crippen molar-refractivity contribution >= 4 is 0 Å². The van der Waals surface area contributed by atoms with E-state index >= 15 is 0 Å². The molecule has 3 nitrogen and oxygen atoms in total. The lowest BCUT2D eigenvalue weighted by Crippen LogP contribution is -2.41. The van der Waals surface area contributed by atoms with Crippen LogP contribution < -0.4 is 5.32 Å². The first-order valence-corrected chi connectivity index (χ1v) is 5.46. The lowest BCUT2D eigenvalue weighted by molar-refractivity contribution is 0.353. The Kier molecular flexibility index (Phi) is 2.59. The first-order valence-electron chi connectivity index (χ1n) is 5.46. The standard InChI is InChI=1S/C11H19N3/c1-3-11(5-4-6-13-11)7-10-8-12-9-14(10)2/h8-9,13H,3-7H2,1-2H3. The highest BCUT2D eigenvalue weighted by molar-refractivity contribution is 5.07. The number of nitrogens with one attached hydrogen (secondary N) is 1. The summed E-state index contributed by atoms with van der Waals surface area (Å²) in [6, 6.07) is 0. The third-order valence-corrected chi connectivity index (χ3v) is 3.44. The van der Waals surface area contributed by atoms with Crippen molar-refractivity contribution < 1.29 is 0 Å². The van der Waals surface area contributed by atoms with E-state index in [-0.39, 0.29) is 0 Å². The predicted molar refractivity (Wildman–Crippen MR) is 57.2 cm³/mol. The van der Waals surface area contributed by atoms with E-state index < -0.39 is 0 Å².